The summed E-state index contributed by atoms with van der Waals surface area (Å²) in [5.74, 6) is -1.24. The first-order valence-electron chi connectivity index (χ1n) is 8.50. The topological polar surface area (TPSA) is 66.4 Å². The minimum Gasteiger partial charge on any atom is -0.477 e. The van der Waals surface area contributed by atoms with Crippen LogP contribution >= 0.6 is 22.9 Å². The van der Waals surface area contributed by atoms with Gasteiger partial charge in [0.15, 0.2) is 0 Å². The van der Waals surface area contributed by atoms with E-state index in [9.17, 15) is 14.7 Å². The Morgan fingerprint density at radius 1 is 1.04 bits per heavy atom. The predicted octanol–water partition coefficient (Wildman–Crippen LogP) is 5.73. The lowest BCUT2D eigenvalue weighted by Gasteiger charge is -2.05. The second kappa shape index (κ2) is 8.84. The van der Waals surface area contributed by atoms with E-state index in [4.69, 9.17) is 11.6 Å². The Hall–Kier alpha value is -2.63. The van der Waals surface area contributed by atoms with Gasteiger partial charge >= 0.3 is 5.97 Å². The number of carbonyl (C=O) groups is 2. The van der Waals surface area contributed by atoms with E-state index in [0.717, 1.165) is 33.8 Å². The van der Waals surface area contributed by atoms with Crippen molar-refractivity contribution in [2.45, 2.75) is 19.3 Å². The van der Waals surface area contributed by atoms with Crippen LogP contribution in [-0.2, 0) is 11.2 Å². The van der Waals surface area contributed by atoms with Gasteiger partial charge < -0.3 is 10.4 Å². The molecule has 1 aromatic heterocycles. The summed E-state index contributed by atoms with van der Waals surface area (Å²) >= 11 is 7.12. The highest BCUT2D eigenvalue weighted by molar-refractivity contribution is 7.18. The summed E-state index contributed by atoms with van der Waals surface area (Å²) < 4.78 is 0. The van der Waals surface area contributed by atoms with Crippen LogP contribution in [0.2, 0.25) is 5.02 Å². The van der Waals surface area contributed by atoms with Gasteiger partial charge in [-0.3, -0.25) is 4.79 Å². The molecule has 4 nitrogen and oxygen atoms in total. The van der Waals surface area contributed by atoms with Crippen LogP contribution in [0.4, 0.5) is 5.69 Å². The van der Waals surface area contributed by atoms with Crippen LogP contribution in [-0.4, -0.2) is 17.0 Å². The second-order valence-corrected chi connectivity index (χ2v) is 7.54. The fourth-order valence-electron chi connectivity index (χ4n) is 2.75. The van der Waals surface area contributed by atoms with Crippen LogP contribution in [0.1, 0.15) is 28.1 Å². The number of rotatable bonds is 7. The second-order valence-electron chi connectivity index (χ2n) is 6.06. The third-order valence-corrected chi connectivity index (χ3v) is 5.42. The molecule has 2 N–H and O–H groups in total. The number of anilines is 1. The summed E-state index contributed by atoms with van der Waals surface area (Å²) in [6.07, 6.45) is 1.70. The standard InChI is InChI=1S/C21H18ClNO3S/c22-16-10-4-6-14(12-16)7-5-11-19(24)23-17-13-18(27-20(17)21(25)26)15-8-2-1-3-9-15/h1-4,6,8-10,12-13H,5,7,11H2,(H,23,24)(H,25,26). The van der Waals surface area contributed by atoms with E-state index in [1.807, 2.05) is 54.6 Å². The summed E-state index contributed by atoms with van der Waals surface area (Å²) in [5.41, 5.74) is 2.34. The Morgan fingerprint density at radius 2 is 1.81 bits per heavy atom. The van der Waals surface area contributed by atoms with E-state index in [1.165, 1.54) is 0 Å². The molecule has 0 saturated heterocycles. The highest BCUT2D eigenvalue weighted by Crippen LogP contribution is 2.34. The molecule has 6 heteroatoms. The van der Waals surface area contributed by atoms with Crippen LogP contribution in [0.15, 0.2) is 60.7 Å². The van der Waals surface area contributed by atoms with E-state index in [0.29, 0.717) is 23.6 Å². The Kier molecular flexibility index (Phi) is 6.27. The Labute approximate surface area is 166 Å². The average molecular weight is 400 g/mol. The van der Waals surface area contributed by atoms with Crippen LogP contribution in [0.25, 0.3) is 10.4 Å². The van der Waals surface area contributed by atoms with Gasteiger partial charge in [-0.05, 0) is 42.2 Å². The van der Waals surface area contributed by atoms with Crippen LogP contribution in [0.3, 0.4) is 0 Å². The van der Waals surface area contributed by atoms with Gasteiger partial charge in [0, 0.05) is 16.3 Å². The van der Waals surface area contributed by atoms with Crippen molar-refractivity contribution in [3.63, 3.8) is 0 Å². The van der Waals surface area contributed by atoms with Gasteiger partial charge in [-0.2, -0.15) is 0 Å². The molecule has 0 aliphatic heterocycles. The maximum absolute atomic E-state index is 12.3. The molecule has 0 atom stereocenters. The molecular weight excluding hydrogens is 382 g/mol. The van der Waals surface area contributed by atoms with Gasteiger partial charge in [0.2, 0.25) is 5.91 Å². The van der Waals surface area contributed by atoms with Crippen LogP contribution in [0, 0.1) is 0 Å². The minimum atomic E-state index is -1.04. The zero-order valence-corrected chi connectivity index (χ0v) is 16.0. The molecule has 0 unspecified atom stereocenters. The van der Waals surface area contributed by atoms with Gasteiger partial charge in [-0.1, -0.05) is 54.1 Å². The molecule has 1 heterocycles. The molecule has 1 amide bonds. The van der Waals surface area contributed by atoms with E-state index in [1.54, 1.807) is 6.07 Å². The first-order chi connectivity index (χ1) is 13.0. The summed E-state index contributed by atoms with van der Waals surface area (Å²) in [4.78, 5) is 24.7. The molecule has 138 valence electrons. The number of amides is 1. The number of nitrogens with one attached hydrogen (secondary N) is 1. The smallest absolute Gasteiger partial charge is 0.348 e. The molecule has 0 spiro atoms. The van der Waals surface area contributed by atoms with Gasteiger partial charge in [0.25, 0.3) is 0 Å². The summed E-state index contributed by atoms with van der Waals surface area (Å²) in [6.45, 7) is 0. The maximum atomic E-state index is 12.3. The molecule has 3 aromatic rings. The van der Waals surface area contributed by atoms with E-state index < -0.39 is 5.97 Å². The number of benzene rings is 2. The van der Waals surface area contributed by atoms with Gasteiger partial charge in [0.05, 0.1) is 5.69 Å². The van der Waals surface area contributed by atoms with Crippen LogP contribution in [0.5, 0.6) is 0 Å². The molecule has 0 bridgehead atoms. The zero-order valence-electron chi connectivity index (χ0n) is 14.4. The fourth-order valence-corrected chi connectivity index (χ4v) is 3.92. The SMILES string of the molecule is O=C(CCCc1cccc(Cl)c1)Nc1cc(-c2ccccc2)sc1C(=O)O. The minimum absolute atomic E-state index is 0.136. The third kappa shape index (κ3) is 5.18. The van der Waals surface area contributed by atoms with Gasteiger partial charge in [-0.15, -0.1) is 11.3 Å². The summed E-state index contributed by atoms with van der Waals surface area (Å²) in [5, 5.41) is 12.9. The lowest BCUT2D eigenvalue weighted by Crippen LogP contribution is -2.13. The number of carboxylic acid groups (broad SMARTS) is 1. The van der Waals surface area contributed by atoms with Crippen molar-refractivity contribution in [1.29, 1.82) is 0 Å². The van der Waals surface area contributed by atoms with Gasteiger partial charge in [-0.25, -0.2) is 4.79 Å². The number of aromatic carboxylic acids is 1. The number of aryl methyl sites for hydroxylation is 1. The number of halogens is 1. The van der Waals surface area contributed by atoms with E-state index >= 15 is 0 Å². The molecule has 0 saturated carbocycles. The largest absolute Gasteiger partial charge is 0.477 e. The summed E-state index contributed by atoms with van der Waals surface area (Å²) in [7, 11) is 0. The van der Waals surface area contributed by atoms with Crippen molar-refractivity contribution >= 4 is 40.5 Å². The number of carbonyl (C=O) groups excluding carboxylic acids is 1. The maximum Gasteiger partial charge on any atom is 0.348 e. The number of hydrogen-bond donors (Lipinski definition) is 2. The van der Waals surface area contributed by atoms with Crippen molar-refractivity contribution in [3.8, 4) is 10.4 Å². The lowest BCUT2D eigenvalue weighted by molar-refractivity contribution is -0.116. The molecular formula is C21H18ClNO3S. The number of thiophene rings is 1. The first kappa shape index (κ1) is 19.1. The van der Waals surface area contributed by atoms with Crippen molar-refractivity contribution in [3.05, 3.63) is 76.1 Å². The Bertz CT molecular complexity index is 953. The van der Waals surface area contributed by atoms with Crippen LogP contribution < -0.4 is 5.32 Å². The lowest BCUT2D eigenvalue weighted by atomic mass is 10.1. The molecule has 0 aliphatic rings. The highest BCUT2D eigenvalue weighted by atomic mass is 35.5. The number of carboxylic acids is 1. The normalized spacial score (nSPS) is 10.6. The summed E-state index contributed by atoms with van der Waals surface area (Å²) in [6, 6.07) is 18.8. The first-order valence-corrected chi connectivity index (χ1v) is 9.69. The van der Waals surface area contributed by atoms with Crippen molar-refractivity contribution in [1.82, 2.24) is 0 Å². The quantitative estimate of drug-likeness (QED) is 0.533. The molecule has 0 fully saturated rings. The monoisotopic (exact) mass is 399 g/mol. The molecule has 27 heavy (non-hydrogen) atoms. The molecule has 3 rings (SSSR count). The van der Waals surface area contributed by atoms with Crippen molar-refractivity contribution in [2.75, 3.05) is 5.32 Å². The Balaban J connectivity index is 1.64. The zero-order chi connectivity index (χ0) is 19.2. The number of hydrogen-bond acceptors (Lipinski definition) is 3. The Morgan fingerprint density at radius 3 is 2.52 bits per heavy atom. The molecule has 0 radical (unpaired) electrons. The molecule has 2 aromatic carbocycles. The average Bonchev–Trinajstić information content (AvgIpc) is 3.06. The van der Waals surface area contributed by atoms with Crippen molar-refractivity contribution in [2.24, 2.45) is 0 Å². The third-order valence-electron chi connectivity index (χ3n) is 4.02. The van der Waals surface area contributed by atoms with E-state index in [-0.39, 0.29) is 10.8 Å². The van der Waals surface area contributed by atoms with Gasteiger partial charge in [0.1, 0.15) is 4.88 Å². The van der Waals surface area contributed by atoms with Crippen molar-refractivity contribution < 1.29 is 14.7 Å². The highest BCUT2D eigenvalue weighted by Gasteiger charge is 2.18. The predicted molar refractivity (Wildman–Crippen MR) is 110 cm³/mol. The molecule has 0 aliphatic carbocycles. The fraction of sp³-hybridized carbons (Fsp3) is 0.143. The van der Waals surface area contributed by atoms with E-state index in [2.05, 4.69) is 5.32 Å².